The Morgan fingerprint density at radius 3 is 2.94 bits per heavy atom. The topological polar surface area (TPSA) is 49.0 Å². The van der Waals surface area contributed by atoms with Gasteiger partial charge in [0.05, 0.1) is 6.20 Å². The van der Waals surface area contributed by atoms with Gasteiger partial charge < -0.3 is 4.90 Å². The van der Waals surface area contributed by atoms with E-state index in [1.165, 1.54) is 0 Å². The van der Waals surface area contributed by atoms with E-state index in [1.807, 2.05) is 25.1 Å². The summed E-state index contributed by atoms with van der Waals surface area (Å²) in [5.41, 5.74) is 2.68. The molecule has 0 bridgehead atoms. The first-order chi connectivity index (χ1) is 8.58. The molecule has 0 saturated heterocycles. The summed E-state index contributed by atoms with van der Waals surface area (Å²) in [7, 11) is 1.79. The summed E-state index contributed by atoms with van der Waals surface area (Å²) < 4.78 is 0.910. The summed E-state index contributed by atoms with van der Waals surface area (Å²) in [6, 6.07) is 5.72. The van der Waals surface area contributed by atoms with Crippen molar-refractivity contribution in [1.82, 2.24) is 15.1 Å². The second-order valence-corrected chi connectivity index (χ2v) is 5.14. The van der Waals surface area contributed by atoms with Gasteiger partial charge in [-0.2, -0.15) is 5.10 Å². The minimum Gasteiger partial charge on any atom is -0.337 e. The van der Waals surface area contributed by atoms with Crippen molar-refractivity contribution in [3.8, 4) is 0 Å². The average Bonchev–Trinajstić information content (AvgIpc) is 2.84. The SMILES string of the molecule is Cc1ccc(Br)cc1C(=O)N(C)Cc1cn[nH]c1. The van der Waals surface area contributed by atoms with Crippen molar-refractivity contribution in [3.63, 3.8) is 0 Å². The molecule has 94 valence electrons. The van der Waals surface area contributed by atoms with Crippen molar-refractivity contribution in [2.75, 3.05) is 7.05 Å². The number of H-pyrrole nitrogens is 1. The summed E-state index contributed by atoms with van der Waals surface area (Å²) in [6.45, 7) is 2.48. The van der Waals surface area contributed by atoms with Crippen LogP contribution in [0.3, 0.4) is 0 Å². The molecule has 0 fully saturated rings. The standard InChI is InChI=1S/C13H14BrN3O/c1-9-3-4-11(14)5-12(9)13(18)17(2)8-10-6-15-16-7-10/h3-7H,8H2,1-2H3,(H,15,16). The Morgan fingerprint density at radius 2 is 2.28 bits per heavy atom. The number of aryl methyl sites for hydroxylation is 1. The molecule has 0 unspecified atom stereocenters. The number of halogens is 1. The molecule has 1 aromatic heterocycles. The zero-order valence-corrected chi connectivity index (χ0v) is 11.9. The lowest BCUT2D eigenvalue weighted by Crippen LogP contribution is -2.26. The van der Waals surface area contributed by atoms with Crippen LogP contribution >= 0.6 is 15.9 Å². The maximum Gasteiger partial charge on any atom is 0.254 e. The van der Waals surface area contributed by atoms with E-state index in [0.29, 0.717) is 6.54 Å². The molecule has 4 nitrogen and oxygen atoms in total. The molecule has 1 amide bonds. The van der Waals surface area contributed by atoms with E-state index in [9.17, 15) is 4.79 Å². The number of carbonyl (C=O) groups excluding carboxylic acids is 1. The van der Waals surface area contributed by atoms with Crippen LogP contribution in [0.5, 0.6) is 0 Å². The van der Waals surface area contributed by atoms with E-state index < -0.39 is 0 Å². The number of aromatic amines is 1. The van der Waals surface area contributed by atoms with E-state index >= 15 is 0 Å². The monoisotopic (exact) mass is 307 g/mol. The van der Waals surface area contributed by atoms with Gasteiger partial charge in [-0.1, -0.05) is 22.0 Å². The highest BCUT2D eigenvalue weighted by atomic mass is 79.9. The minimum absolute atomic E-state index is 0.00926. The number of nitrogens with zero attached hydrogens (tertiary/aromatic N) is 2. The number of hydrogen-bond acceptors (Lipinski definition) is 2. The van der Waals surface area contributed by atoms with Crippen LogP contribution in [-0.4, -0.2) is 28.1 Å². The fourth-order valence-electron chi connectivity index (χ4n) is 1.74. The van der Waals surface area contributed by atoms with Crippen molar-refractivity contribution < 1.29 is 4.79 Å². The lowest BCUT2D eigenvalue weighted by Gasteiger charge is -2.17. The zero-order chi connectivity index (χ0) is 13.1. The van der Waals surface area contributed by atoms with Crippen molar-refractivity contribution in [2.24, 2.45) is 0 Å². The van der Waals surface area contributed by atoms with Crippen LogP contribution in [0, 0.1) is 6.92 Å². The molecule has 0 aliphatic heterocycles. The molecule has 0 radical (unpaired) electrons. The summed E-state index contributed by atoms with van der Waals surface area (Å²) in [5, 5.41) is 6.61. The highest BCUT2D eigenvalue weighted by Crippen LogP contribution is 2.18. The zero-order valence-electron chi connectivity index (χ0n) is 10.3. The maximum atomic E-state index is 12.3. The molecule has 18 heavy (non-hydrogen) atoms. The largest absolute Gasteiger partial charge is 0.337 e. The van der Waals surface area contributed by atoms with E-state index in [0.717, 1.165) is 21.2 Å². The molecule has 2 rings (SSSR count). The van der Waals surface area contributed by atoms with Gasteiger partial charge in [0, 0.05) is 35.4 Å². The van der Waals surface area contributed by atoms with Gasteiger partial charge in [0.1, 0.15) is 0 Å². The molecule has 0 spiro atoms. The molecule has 1 aromatic carbocycles. The van der Waals surface area contributed by atoms with Crippen LogP contribution in [0.15, 0.2) is 35.1 Å². The minimum atomic E-state index is 0.00926. The van der Waals surface area contributed by atoms with Gasteiger partial charge in [0.25, 0.3) is 5.91 Å². The second kappa shape index (κ2) is 5.35. The summed E-state index contributed by atoms with van der Waals surface area (Å²) >= 11 is 3.39. The molecule has 1 heterocycles. The summed E-state index contributed by atoms with van der Waals surface area (Å²) in [4.78, 5) is 14.0. The fourth-order valence-corrected chi connectivity index (χ4v) is 2.10. The number of hydrogen-bond donors (Lipinski definition) is 1. The molecule has 0 saturated carbocycles. The van der Waals surface area contributed by atoms with E-state index in [1.54, 1.807) is 24.3 Å². The summed E-state index contributed by atoms with van der Waals surface area (Å²) in [5.74, 6) is 0.00926. The van der Waals surface area contributed by atoms with Crippen LogP contribution in [0.2, 0.25) is 0 Å². The Morgan fingerprint density at radius 1 is 1.50 bits per heavy atom. The first-order valence-electron chi connectivity index (χ1n) is 5.57. The first kappa shape index (κ1) is 12.8. The van der Waals surface area contributed by atoms with Gasteiger partial charge in [0.15, 0.2) is 0 Å². The molecule has 1 N–H and O–H groups in total. The molecular formula is C13H14BrN3O. The Balaban J connectivity index is 2.17. The smallest absolute Gasteiger partial charge is 0.254 e. The van der Waals surface area contributed by atoms with Crippen LogP contribution in [0.25, 0.3) is 0 Å². The second-order valence-electron chi connectivity index (χ2n) is 4.23. The van der Waals surface area contributed by atoms with Crippen molar-refractivity contribution in [2.45, 2.75) is 13.5 Å². The number of carbonyl (C=O) groups is 1. The van der Waals surface area contributed by atoms with Gasteiger partial charge in [-0.15, -0.1) is 0 Å². The van der Waals surface area contributed by atoms with Crippen LogP contribution in [0.1, 0.15) is 21.5 Å². The third kappa shape index (κ3) is 2.79. The molecule has 0 aliphatic carbocycles. The van der Waals surface area contributed by atoms with Gasteiger partial charge in [0.2, 0.25) is 0 Å². The van der Waals surface area contributed by atoms with Crippen molar-refractivity contribution >= 4 is 21.8 Å². The third-order valence-corrected chi connectivity index (χ3v) is 3.24. The molecule has 0 aliphatic rings. The fraction of sp³-hybridized carbons (Fsp3) is 0.231. The highest BCUT2D eigenvalue weighted by Gasteiger charge is 2.15. The Bertz CT molecular complexity index is 551. The number of benzene rings is 1. The number of aromatic nitrogens is 2. The van der Waals surface area contributed by atoms with E-state index in [4.69, 9.17) is 0 Å². The van der Waals surface area contributed by atoms with Gasteiger partial charge in [-0.05, 0) is 24.6 Å². The molecule has 5 heteroatoms. The van der Waals surface area contributed by atoms with E-state index in [-0.39, 0.29) is 5.91 Å². The highest BCUT2D eigenvalue weighted by molar-refractivity contribution is 9.10. The predicted molar refractivity (Wildman–Crippen MR) is 73.3 cm³/mol. The Hall–Kier alpha value is -1.62. The number of nitrogens with one attached hydrogen (secondary N) is 1. The normalized spacial score (nSPS) is 10.4. The lowest BCUT2D eigenvalue weighted by atomic mass is 10.1. The average molecular weight is 308 g/mol. The van der Waals surface area contributed by atoms with Gasteiger partial charge >= 0.3 is 0 Å². The summed E-state index contributed by atoms with van der Waals surface area (Å²) in [6.07, 6.45) is 3.51. The first-order valence-corrected chi connectivity index (χ1v) is 6.36. The van der Waals surface area contributed by atoms with Gasteiger partial charge in [-0.3, -0.25) is 9.89 Å². The predicted octanol–water partition coefficient (Wildman–Crippen LogP) is 2.75. The quantitative estimate of drug-likeness (QED) is 0.948. The Labute approximate surface area is 114 Å². The van der Waals surface area contributed by atoms with Crippen LogP contribution in [0.4, 0.5) is 0 Å². The van der Waals surface area contributed by atoms with Gasteiger partial charge in [-0.25, -0.2) is 0 Å². The van der Waals surface area contributed by atoms with Crippen LogP contribution < -0.4 is 0 Å². The third-order valence-electron chi connectivity index (χ3n) is 2.75. The van der Waals surface area contributed by atoms with Crippen LogP contribution in [-0.2, 0) is 6.54 Å². The van der Waals surface area contributed by atoms with E-state index in [2.05, 4.69) is 26.1 Å². The molecule has 0 atom stereocenters. The lowest BCUT2D eigenvalue weighted by molar-refractivity contribution is 0.0784. The van der Waals surface area contributed by atoms with Crippen molar-refractivity contribution in [1.29, 1.82) is 0 Å². The molecular weight excluding hydrogens is 294 g/mol. The van der Waals surface area contributed by atoms with Crippen molar-refractivity contribution in [3.05, 3.63) is 51.8 Å². The molecule has 2 aromatic rings. The Kier molecular flexibility index (Phi) is 3.81. The number of amides is 1. The number of rotatable bonds is 3. The maximum absolute atomic E-state index is 12.3.